The molecule has 0 radical (unpaired) electrons. The first-order valence-electron chi connectivity index (χ1n) is 10.5. The summed E-state index contributed by atoms with van der Waals surface area (Å²) in [5.41, 5.74) is 2.04. The number of ketones is 1. The van der Waals surface area contributed by atoms with E-state index in [1.54, 1.807) is 20.1 Å². The number of rotatable bonds is 12. The second kappa shape index (κ2) is 11.7. The van der Waals surface area contributed by atoms with Gasteiger partial charge in [-0.1, -0.05) is 26.0 Å². The minimum Gasteiger partial charge on any atom is -0.497 e. The number of methoxy groups -OCH3 is 4. The molecular weight excluding hydrogens is 412 g/mol. The summed E-state index contributed by atoms with van der Waals surface area (Å²) >= 11 is 0. The zero-order valence-electron chi connectivity index (χ0n) is 19.9. The maximum Gasteiger partial charge on any atom is 0.172 e. The van der Waals surface area contributed by atoms with Crippen LogP contribution in [-0.4, -0.2) is 52.0 Å². The van der Waals surface area contributed by atoms with Crippen LogP contribution in [-0.2, 0) is 11.3 Å². The number of hydrogen-bond donors (Lipinski definition) is 1. The Bertz CT molecular complexity index is 892. The van der Waals surface area contributed by atoms with E-state index in [4.69, 9.17) is 23.7 Å². The molecule has 2 aromatic rings. The number of carbonyl (C=O) groups excluding carboxylic acids is 1. The van der Waals surface area contributed by atoms with Gasteiger partial charge in [0.2, 0.25) is 0 Å². The van der Waals surface area contributed by atoms with Gasteiger partial charge in [0.1, 0.15) is 11.5 Å². The van der Waals surface area contributed by atoms with Crippen LogP contribution >= 0.6 is 0 Å². The lowest BCUT2D eigenvalue weighted by molar-refractivity contribution is 0.00665. The van der Waals surface area contributed by atoms with Crippen molar-refractivity contribution in [3.05, 3.63) is 47.0 Å². The number of Topliss-reactive ketones (excluding diaryl/α,β-unsaturated/α-hetero) is 1. The van der Waals surface area contributed by atoms with Crippen molar-refractivity contribution >= 4 is 5.78 Å². The van der Waals surface area contributed by atoms with Gasteiger partial charge in [0.05, 0.1) is 53.3 Å². The summed E-state index contributed by atoms with van der Waals surface area (Å²) in [6.07, 6.45) is -0.902. The van der Waals surface area contributed by atoms with E-state index < -0.39 is 12.0 Å². The molecule has 0 aliphatic carbocycles. The van der Waals surface area contributed by atoms with Crippen molar-refractivity contribution in [3.8, 4) is 23.0 Å². The third kappa shape index (κ3) is 5.72. The first-order valence-corrected chi connectivity index (χ1v) is 10.5. The van der Waals surface area contributed by atoms with E-state index in [9.17, 15) is 9.90 Å². The number of ether oxygens (including phenoxy) is 5. The minimum atomic E-state index is -0.902. The average Bonchev–Trinajstić information content (AvgIpc) is 2.82. The minimum absolute atomic E-state index is 0.257. The van der Waals surface area contributed by atoms with Crippen molar-refractivity contribution < 1.29 is 33.6 Å². The molecular formula is C25H34O7. The molecule has 2 aromatic carbocycles. The predicted octanol–water partition coefficient (Wildman–Crippen LogP) is 4.06. The maximum atomic E-state index is 13.3. The summed E-state index contributed by atoms with van der Waals surface area (Å²) in [6, 6.07) is 9.23. The SMILES string of the molecule is COc1ccc(COC[C@H](C)[C@H](O)[C@@H](C)C(=O)c2cc(OC)c(C)c(OC)c2OC)cc1. The van der Waals surface area contributed by atoms with Gasteiger partial charge in [-0.3, -0.25) is 4.79 Å². The van der Waals surface area contributed by atoms with E-state index in [0.29, 0.717) is 36.0 Å². The number of carbonyl (C=O) groups is 1. The van der Waals surface area contributed by atoms with E-state index in [1.807, 2.05) is 38.1 Å². The molecule has 7 heteroatoms. The fourth-order valence-corrected chi connectivity index (χ4v) is 3.63. The van der Waals surface area contributed by atoms with Crippen molar-refractivity contribution in [2.24, 2.45) is 11.8 Å². The van der Waals surface area contributed by atoms with E-state index in [0.717, 1.165) is 16.9 Å². The third-order valence-electron chi connectivity index (χ3n) is 5.65. The Morgan fingerprint density at radius 2 is 1.56 bits per heavy atom. The zero-order chi connectivity index (χ0) is 23.8. The number of aliphatic hydroxyl groups excluding tert-OH is 1. The summed E-state index contributed by atoms with van der Waals surface area (Å²) in [6.45, 7) is 6.10. The first kappa shape index (κ1) is 25.5. The van der Waals surface area contributed by atoms with Crippen molar-refractivity contribution in [2.45, 2.75) is 33.5 Å². The highest BCUT2D eigenvalue weighted by Crippen LogP contribution is 2.41. The smallest absolute Gasteiger partial charge is 0.172 e. The van der Waals surface area contributed by atoms with Gasteiger partial charge in [0.15, 0.2) is 17.3 Å². The fraction of sp³-hybridized carbons (Fsp3) is 0.480. The molecule has 0 amide bonds. The van der Waals surface area contributed by atoms with Crippen LogP contribution in [0.2, 0.25) is 0 Å². The molecule has 0 unspecified atom stereocenters. The van der Waals surface area contributed by atoms with Gasteiger partial charge in [0.25, 0.3) is 0 Å². The van der Waals surface area contributed by atoms with E-state index in [-0.39, 0.29) is 11.7 Å². The Morgan fingerprint density at radius 1 is 0.938 bits per heavy atom. The van der Waals surface area contributed by atoms with Crippen LogP contribution in [0.3, 0.4) is 0 Å². The van der Waals surface area contributed by atoms with Gasteiger partial charge in [0, 0.05) is 17.4 Å². The predicted molar refractivity (Wildman–Crippen MR) is 122 cm³/mol. The van der Waals surface area contributed by atoms with Gasteiger partial charge in [-0.05, 0) is 30.7 Å². The second-order valence-corrected chi connectivity index (χ2v) is 7.80. The van der Waals surface area contributed by atoms with Crippen LogP contribution in [0.5, 0.6) is 23.0 Å². The molecule has 0 saturated carbocycles. The topological polar surface area (TPSA) is 83.5 Å². The van der Waals surface area contributed by atoms with Gasteiger partial charge in [-0.25, -0.2) is 0 Å². The highest BCUT2D eigenvalue weighted by atomic mass is 16.5. The van der Waals surface area contributed by atoms with Crippen molar-refractivity contribution in [1.82, 2.24) is 0 Å². The van der Waals surface area contributed by atoms with Gasteiger partial charge in [-0.15, -0.1) is 0 Å². The van der Waals surface area contributed by atoms with Gasteiger partial charge in [-0.2, -0.15) is 0 Å². The molecule has 0 spiro atoms. The monoisotopic (exact) mass is 446 g/mol. The summed E-state index contributed by atoms with van der Waals surface area (Å²) in [7, 11) is 6.15. The molecule has 0 fully saturated rings. The third-order valence-corrected chi connectivity index (χ3v) is 5.65. The Kier molecular flexibility index (Phi) is 9.35. The zero-order valence-corrected chi connectivity index (χ0v) is 19.9. The highest BCUT2D eigenvalue weighted by molar-refractivity contribution is 6.02. The molecule has 1 N–H and O–H groups in total. The summed E-state index contributed by atoms with van der Waals surface area (Å²) < 4.78 is 27.2. The molecule has 176 valence electrons. The van der Waals surface area contributed by atoms with Crippen molar-refractivity contribution in [1.29, 1.82) is 0 Å². The van der Waals surface area contributed by atoms with E-state index in [2.05, 4.69) is 0 Å². The highest BCUT2D eigenvalue weighted by Gasteiger charge is 2.31. The van der Waals surface area contributed by atoms with E-state index >= 15 is 0 Å². The quantitative estimate of drug-likeness (QED) is 0.492. The molecule has 2 rings (SSSR count). The Labute approximate surface area is 190 Å². The van der Waals surface area contributed by atoms with Gasteiger partial charge < -0.3 is 28.8 Å². The molecule has 0 heterocycles. The van der Waals surface area contributed by atoms with Crippen molar-refractivity contribution in [3.63, 3.8) is 0 Å². The molecule has 32 heavy (non-hydrogen) atoms. The molecule has 0 aliphatic heterocycles. The van der Waals surface area contributed by atoms with Crippen LogP contribution in [0.1, 0.15) is 35.3 Å². The second-order valence-electron chi connectivity index (χ2n) is 7.80. The maximum absolute atomic E-state index is 13.3. The number of hydrogen-bond acceptors (Lipinski definition) is 7. The normalized spacial score (nSPS) is 13.8. The Morgan fingerprint density at radius 3 is 2.09 bits per heavy atom. The van der Waals surface area contributed by atoms with E-state index in [1.165, 1.54) is 21.3 Å². The van der Waals surface area contributed by atoms with Crippen LogP contribution in [0.4, 0.5) is 0 Å². The number of aliphatic hydroxyl groups is 1. The lowest BCUT2D eigenvalue weighted by atomic mass is 9.87. The largest absolute Gasteiger partial charge is 0.497 e. The number of benzene rings is 2. The standard InChI is InChI=1S/C25H34O7/c1-15(13-32-14-18-8-10-19(28-4)11-9-18)22(26)17(3)23(27)20-12-21(29-5)16(2)24(30-6)25(20)31-7/h8-12,15,17,22,26H,13-14H2,1-7H3/t15-,17+,22-/m0/s1. The molecule has 7 nitrogen and oxygen atoms in total. The molecule has 0 aromatic heterocycles. The molecule has 3 atom stereocenters. The lowest BCUT2D eigenvalue weighted by Gasteiger charge is -2.25. The van der Waals surface area contributed by atoms with Crippen LogP contribution in [0.25, 0.3) is 0 Å². The van der Waals surface area contributed by atoms with Crippen LogP contribution in [0.15, 0.2) is 30.3 Å². The molecule has 0 aliphatic rings. The van der Waals surface area contributed by atoms with Crippen LogP contribution in [0, 0.1) is 18.8 Å². The van der Waals surface area contributed by atoms with Crippen LogP contribution < -0.4 is 18.9 Å². The Hall–Kier alpha value is -2.77. The molecule has 0 bridgehead atoms. The summed E-state index contributed by atoms with van der Waals surface area (Å²) in [5.74, 6) is 0.875. The average molecular weight is 447 g/mol. The lowest BCUT2D eigenvalue weighted by Crippen LogP contribution is -2.33. The molecule has 0 saturated heterocycles. The summed E-state index contributed by atoms with van der Waals surface area (Å²) in [5, 5.41) is 10.8. The van der Waals surface area contributed by atoms with Crippen molar-refractivity contribution in [2.75, 3.05) is 35.0 Å². The first-order chi connectivity index (χ1) is 15.3. The summed E-state index contributed by atoms with van der Waals surface area (Å²) in [4.78, 5) is 13.3. The fourth-order valence-electron chi connectivity index (χ4n) is 3.63. The van der Waals surface area contributed by atoms with Gasteiger partial charge >= 0.3 is 0 Å². The Balaban J connectivity index is 2.08.